The lowest BCUT2D eigenvalue weighted by Crippen LogP contribution is -2.36. The first kappa shape index (κ1) is 25.3. The first-order valence-electron chi connectivity index (χ1n) is 13.5. The topological polar surface area (TPSA) is 108 Å². The molecule has 2 saturated heterocycles. The number of ether oxygens (including phenoxy) is 1. The minimum absolute atomic E-state index is 0.138. The maximum absolute atomic E-state index is 13.9. The summed E-state index contributed by atoms with van der Waals surface area (Å²) in [5.41, 5.74) is 3.70. The fourth-order valence-electron chi connectivity index (χ4n) is 5.64. The third-order valence-corrected chi connectivity index (χ3v) is 7.62. The monoisotopic (exact) mass is 527 g/mol. The lowest BCUT2D eigenvalue weighted by Gasteiger charge is -2.29. The number of aromatic amines is 1. The number of hydrogen-bond donors (Lipinski definition) is 2. The molecule has 6 rings (SSSR count). The number of aromatic nitrogens is 4. The van der Waals surface area contributed by atoms with Crippen molar-refractivity contribution in [3.8, 4) is 0 Å². The van der Waals surface area contributed by atoms with Gasteiger partial charge < -0.3 is 24.5 Å². The number of H-pyrrole nitrogens is 1. The van der Waals surface area contributed by atoms with Gasteiger partial charge in [0.1, 0.15) is 5.82 Å². The van der Waals surface area contributed by atoms with Crippen molar-refractivity contribution in [1.29, 1.82) is 0 Å². The van der Waals surface area contributed by atoms with Gasteiger partial charge in [0.2, 0.25) is 5.56 Å². The van der Waals surface area contributed by atoms with Gasteiger partial charge in [-0.3, -0.25) is 14.5 Å². The number of hydrogen-bond acceptors (Lipinski definition) is 7. The van der Waals surface area contributed by atoms with Gasteiger partial charge in [0.05, 0.1) is 25.1 Å². The fourth-order valence-corrected chi connectivity index (χ4v) is 5.64. The summed E-state index contributed by atoms with van der Waals surface area (Å²) in [6, 6.07) is 9.33. The maximum Gasteiger partial charge on any atom is 0.259 e. The van der Waals surface area contributed by atoms with Gasteiger partial charge >= 0.3 is 0 Å². The van der Waals surface area contributed by atoms with Crippen LogP contribution in [0.4, 0.5) is 11.5 Å². The number of pyridine rings is 2. The molecule has 1 unspecified atom stereocenters. The third kappa shape index (κ3) is 5.57. The van der Waals surface area contributed by atoms with Gasteiger partial charge in [0.25, 0.3) is 5.91 Å². The second-order valence-electron chi connectivity index (χ2n) is 10.4. The van der Waals surface area contributed by atoms with Crippen molar-refractivity contribution in [3.63, 3.8) is 0 Å². The van der Waals surface area contributed by atoms with E-state index in [1.54, 1.807) is 12.3 Å². The molecular formula is C29H33N7O3. The van der Waals surface area contributed by atoms with E-state index in [2.05, 4.69) is 29.7 Å². The van der Waals surface area contributed by atoms with Gasteiger partial charge in [0, 0.05) is 80.0 Å². The Balaban J connectivity index is 1.31. The van der Waals surface area contributed by atoms with Crippen molar-refractivity contribution < 1.29 is 9.53 Å². The Bertz CT molecular complexity index is 1530. The minimum Gasteiger partial charge on any atom is -0.379 e. The Morgan fingerprint density at radius 3 is 2.87 bits per heavy atom. The summed E-state index contributed by atoms with van der Waals surface area (Å²) in [5, 5.41) is 4.00. The Morgan fingerprint density at radius 1 is 1.18 bits per heavy atom. The SMILES string of the molecule is Cc1cc(=O)[nH]c2ccc(NC(=O)c3cc(CN4CCOCC4)cnc3N3CCCC3Cn3ccnc3)cc12. The van der Waals surface area contributed by atoms with E-state index in [-0.39, 0.29) is 17.5 Å². The predicted octanol–water partition coefficient (Wildman–Crippen LogP) is 3.18. The average Bonchev–Trinajstić information content (AvgIpc) is 3.62. The number of imidazole rings is 1. The highest BCUT2D eigenvalue weighted by Crippen LogP contribution is 2.30. The quantitative estimate of drug-likeness (QED) is 0.380. The minimum atomic E-state index is -0.198. The molecule has 0 aliphatic carbocycles. The zero-order valence-electron chi connectivity index (χ0n) is 22.1. The molecule has 1 aromatic carbocycles. The molecule has 10 nitrogen and oxygen atoms in total. The zero-order valence-corrected chi connectivity index (χ0v) is 22.1. The van der Waals surface area contributed by atoms with Crippen molar-refractivity contribution in [1.82, 2.24) is 24.4 Å². The van der Waals surface area contributed by atoms with Crippen LogP contribution in [0.1, 0.15) is 34.3 Å². The van der Waals surface area contributed by atoms with E-state index >= 15 is 0 Å². The Kier molecular flexibility index (Phi) is 7.12. The lowest BCUT2D eigenvalue weighted by atomic mass is 10.1. The number of fused-ring (bicyclic) bond motifs is 1. The van der Waals surface area contributed by atoms with E-state index < -0.39 is 0 Å². The molecule has 2 aliphatic rings. The van der Waals surface area contributed by atoms with Crippen LogP contribution in [0.5, 0.6) is 0 Å². The van der Waals surface area contributed by atoms with Crippen molar-refractivity contribution in [2.24, 2.45) is 0 Å². The summed E-state index contributed by atoms with van der Waals surface area (Å²) >= 11 is 0. The van der Waals surface area contributed by atoms with Crippen LogP contribution in [0.25, 0.3) is 10.9 Å². The zero-order chi connectivity index (χ0) is 26.8. The van der Waals surface area contributed by atoms with Gasteiger partial charge in [-0.25, -0.2) is 9.97 Å². The number of carbonyl (C=O) groups excluding carboxylic acids is 1. The molecule has 202 valence electrons. The lowest BCUT2D eigenvalue weighted by molar-refractivity contribution is 0.0341. The van der Waals surface area contributed by atoms with Crippen molar-refractivity contribution >= 4 is 28.3 Å². The van der Waals surface area contributed by atoms with Gasteiger partial charge in [-0.05, 0) is 55.2 Å². The number of benzene rings is 1. The number of rotatable bonds is 7. The van der Waals surface area contributed by atoms with E-state index in [0.29, 0.717) is 17.1 Å². The van der Waals surface area contributed by atoms with E-state index in [9.17, 15) is 9.59 Å². The number of aryl methyl sites for hydroxylation is 1. The maximum atomic E-state index is 13.9. The molecule has 1 amide bonds. The molecule has 4 aromatic rings. The second kappa shape index (κ2) is 11.0. The highest BCUT2D eigenvalue weighted by Gasteiger charge is 2.30. The Labute approximate surface area is 226 Å². The molecule has 10 heteroatoms. The molecule has 3 aromatic heterocycles. The molecule has 0 spiro atoms. The largest absolute Gasteiger partial charge is 0.379 e. The molecule has 5 heterocycles. The number of morpholine rings is 1. The van der Waals surface area contributed by atoms with Crippen molar-refractivity contribution in [3.05, 3.63) is 82.3 Å². The molecule has 1 atom stereocenters. The summed E-state index contributed by atoms with van der Waals surface area (Å²) < 4.78 is 7.58. The first-order valence-corrected chi connectivity index (χ1v) is 13.5. The smallest absolute Gasteiger partial charge is 0.259 e. The Hall–Kier alpha value is -4.02. The fraction of sp³-hybridized carbons (Fsp3) is 0.379. The van der Waals surface area contributed by atoms with E-state index in [0.717, 1.165) is 80.8 Å². The van der Waals surface area contributed by atoms with Gasteiger partial charge in [-0.2, -0.15) is 0 Å². The van der Waals surface area contributed by atoms with Crippen LogP contribution in [0, 0.1) is 6.92 Å². The summed E-state index contributed by atoms with van der Waals surface area (Å²) in [6.45, 7) is 7.41. The number of nitrogens with one attached hydrogen (secondary N) is 2. The van der Waals surface area contributed by atoms with Crippen LogP contribution in [0.2, 0.25) is 0 Å². The van der Waals surface area contributed by atoms with Gasteiger partial charge in [-0.1, -0.05) is 0 Å². The van der Waals surface area contributed by atoms with E-state index in [1.165, 1.54) is 0 Å². The van der Waals surface area contributed by atoms with Gasteiger partial charge in [0.15, 0.2) is 0 Å². The number of anilines is 2. The summed E-state index contributed by atoms with van der Waals surface area (Å²) in [5.74, 6) is 0.512. The molecule has 2 N–H and O–H groups in total. The Morgan fingerprint density at radius 2 is 2.05 bits per heavy atom. The van der Waals surface area contributed by atoms with Crippen LogP contribution in [-0.2, 0) is 17.8 Å². The third-order valence-electron chi connectivity index (χ3n) is 7.62. The average molecular weight is 528 g/mol. The van der Waals surface area contributed by atoms with Crippen LogP contribution >= 0.6 is 0 Å². The molecule has 0 radical (unpaired) electrons. The van der Waals surface area contributed by atoms with Gasteiger partial charge in [-0.15, -0.1) is 0 Å². The van der Waals surface area contributed by atoms with Crippen LogP contribution in [0.3, 0.4) is 0 Å². The van der Waals surface area contributed by atoms with Crippen molar-refractivity contribution in [2.75, 3.05) is 43.1 Å². The van der Waals surface area contributed by atoms with E-state index in [4.69, 9.17) is 9.72 Å². The summed E-state index contributed by atoms with van der Waals surface area (Å²) in [4.78, 5) is 42.2. The molecule has 39 heavy (non-hydrogen) atoms. The molecular weight excluding hydrogens is 494 g/mol. The van der Waals surface area contributed by atoms with Crippen molar-refractivity contribution in [2.45, 2.75) is 38.9 Å². The van der Waals surface area contributed by atoms with Crippen LogP contribution in [0.15, 0.2) is 60.0 Å². The molecule has 0 bridgehead atoms. The normalized spacial score (nSPS) is 18.1. The first-order chi connectivity index (χ1) is 19.0. The highest BCUT2D eigenvalue weighted by atomic mass is 16.5. The molecule has 0 saturated carbocycles. The molecule has 2 aliphatic heterocycles. The standard InChI is InChI=1S/C29H33N7O3/c1-20-13-27(37)33-26-5-4-22(15-24(20)26)32-29(38)25-14-21(17-34-9-11-39-12-10-34)16-31-28(25)36-7-2-3-23(36)18-35-8-6-30-19-35/h4-6,8,13-16,19,23H,2-3,7,9-12,17-18H2,1H3,(H,32,38)(H,33,37). The summed E-state index contributed by atoms with van der Waals surface area (Å²) in [7, 11) is 0. The second-order valence-corrected chi connectivity index (χ2v) is 10.4. The number of amides is 1. The van der Waals surface area contributed by atoms with Crippen LogP contribution in [-0.4, -0.2) is 69.2 Å². The highest BCUT2D eigenvalue weighted by molar-refractivity contribution is 6.08. The van der Waals surface area contributed by atoms with Crippen LogP contribution < -0.4 is 15.8 Å². The van der Waals surface area contributed by atoms with E-state index in [1.807, 2.05) is 49.9 Å². The number of nitrogens with zero attached hydrogens (tertiary/aromatic N) is 5. The molecule has 2 fully saturated rings. The summed E-state index contributed by atoms with van der Waals surface area (Å²) in [6.07, 6.45) is 9.57. The number of carbonyl (C=O) groups is 1. The predicted molar refractivity (Wildman–Crippen MR) is 150 cm³/mol.